The van der Waals surface area contributed by atoms with Crippen LogP contribution >= 0.6 is 11.3 Å². The normalized spacial score (nSPS) is 13.8. The summed E-state index contributed by atoms with van der Waals surface area (Å²) in [6, 6.07) is 10.8. The summed E-state index contributed by atoms with van der Waals surface area (Å²) in [6.07, 6.45) is 0. The van der Waals surface area contributed by atoms with Gasteiger partial charge in [-0.05, 0) is 25.1 Å². The molecule has 0 fully saturated rings. The Kier molecular flexibility index (Phi) is 5.93. The molecule has 2 heterocycles. The monoisotopic (exact) mass is 454 g/mol. The quantitative estimate of drug-likeness (QED) is 0.234. The summed E-state index contributed by atoms with van der Waals surface area (Å²) in [5.74, 6) is -1.75. The van der Waals surface area contributed by atoms with Gasteiger partial charge in [-0.2, -0.15) is 4.99 Å². The summed E-state index contributed by atoms with van der Waals surface area (Å²) in [5, 5.41) is 11.2. The largest absolute Gasteiger partial charge is 0.380 e. The number of nitro groups is 1. The Morgan fingerprint density at radius 3 is 2.47 bits per heavy atom. The van der Waals surface area contributed by atoms with Gasteiger partial charge >= 0.3 is 0 Å². The summed E-state index contributed by atoms with van der Waals surface area (Å²) in [5.41, 5.74) is 0.984. The number of thiazole rings is 1. The van der Waals surface area contributed by atoms with Crippen LogP contribution in [0.2, 0.25) is 0 Å². The van der Waals surface area contributed by atoms with Crippen LogP contribution in [0.15, 0.2) is 47.5 Å². The highest BCUT2D eigenvalue weighted by Gasteiger charge is 2.36. The highest BCUT2D eigenvalue weighted by atomic mass is 32.1. The molecule has 0 N–H and O–H groups in total. The van der Waals surface area contributed by atoms with Gasteiger partial charge in [0.05, 0.1) is 32.9 Å². The number of nitrogens with zero attached hydrogens (tertiary/aromatic N) is 4. The molecule has 0 atom stereocenters. The molecule has 0 spiro atoms. The van der Waals surface area contributed by atoms with Gasteiger partial charge in [-0.25, -0.2) is 0 Å². The lowest BCUT2D eigenvalue weighted by Gasteiger charge is -2.10. The van der Waals surface area contributed by atoms with Crippen molar-refractivity contribution in [3.63, 3.8) is 0 Å². The highest BCUT2D eigenvalue weighted by molar-refractivity contribution is 7.16. The van der Waals surface area contributed by atoms with Gasteiger partial charge in [-0.3, -0.25) is 29.4 Å². The zero-order chi connectivity index (χ0) is 22.8. The maximum atomic E-state index is 12.7. The number of non-ortho nitro benzene ring substituents is 1. The van der Waals surface area contributed by atoms with Gasteiger partial charge in [0.1, 0.15) is 6.54 Å². The van der Waals surface area contributed by atoms with Crippen molar-refractivity contribution < 1.29 is 24.0 Å². The number of imide groups is 1. The number of ether oxygens (including phenoxy) is 1. The van der Waals surface area contributed by atoms with E-state index in [1.165, 1.54) is 35.6 Å². The van der Waals surface area contributed by atoms with Crippen LogP contribution in [0.1, 0.15) is 27.6 Å². The van der Waals surface area contributed by atoms with E-state index < -0.39 is 29.2 Å². The molecule has 3 amide bonds. The van der Waals surface area contributed by atoms with Crippen LogP contribution in [0.25, 0.3) is 10.2 Å². The van der Waals surface area contributed by atoms with Crippen LogP contribution in [-0.2, 0) is 16.1 Å². The predicted molar refractivity (Wildman–Crippen MR) is 115 cm³/mol. The topological polar surface area (TPSA) is 124 Å². The fraction of sp³-hybridized carbons (Fsp3) is 0.238. The molecule has 0 bridgehead atoms. The minimum absolute atomic E-state index is 0.0793. The molecule has 11 heteroatoms. The van der Waals surface area contributed by atoms with E-state index >= 15 is 0 Å². The van der Waals surface area contributed by atoms with Crippen molar-refractivity contribution >= 4 is 45.0 Å². The maximum absolute atomic E-state index is 12.7. The molecule has 3 aromatic rings. The first-order chi connectivity index (χ1) is 15.4. The van der Waals surface area contributed by atoms with E-state index in [1.807, 2.05) is 6.92 Å². The Bertz CT molecular complexity index is 1290. The van der Waals surface area contributed by atoms with Crippen molar-refractivity contribution in [2.45, 2.75) is 13.5 Å². The maximum Gasteiger partial charge on any atom is 0.271 e. The number of carbonyl (C=O) groups excluding carboxylic acids is 3. The molecule has 0 saturated carbocycles. The first-order valence-corrected chi connectivity index (χ1v) is 10.6. The minimum Gasteiger partial charge on any atom is -0.380 e. The van der Waals surface area contributed by atoms with Crippen molar-refractivity contribution in [3.8, 4) is 0 Å². The summed E-state index contributed by atoms with van der Waals surface area (Å²) in [4.78, 5) is 53.7. The summed E-state index contributed by atoms with van der Waals surface area (Å²) in [7, 11) is 0. The van der Waals surface area contributed by atoms with E-state index in [9.17, 15) is 24.5 Å². The predicted octanol–water partition coefficient (Wildman–Crippen LogP) is 2.37. The third-order valence-electron chi connectivity index (χ3n) is 4.93. The van der Waals surface area contributed by atoms with Gasteiger partial charge in [-0.1, -0.05) is 23.5 Å². The Morgan fingerprint density at radius 2 is 1.84 bits per heavy atom. The van der Waals surface area contributed by atoms with Gasteiger partial charge < -0.3 is 9.30 Å². The van der Waals surface area contributed by atoms with Crippen molar-refractivity contribution in [2.24, 2.45) is 4.99 Å². The summed E-state index contributed by atoms with van der Waals surface area (Å²) >= 11 is 1.19. The van der Waals surface area contributed by atoms with Crippen LogP contribution in [-0.4, -0.2) is 51.9 Å². The minimum atomic E-state index is -0.675. The lowest BCUT2D eigenvalue weighted by molar-refractivity contribution is -0.384. The Hall–Kier alpha value is -3.70. The number of benzene rings is 2. The molecule has 164 valence electrons. The number of aromatic nitrogens is 1. The number of fused-ring (bicyclic) bond motifs is 2. The lowest BCUT2D eigenvalue weighted by atomic mass is 10.1. The highest BCUT2D eigenvalue weighted by Crippen LogP contribution is 2.24. The molecule has 1 aliphatic heterocycles. The second-order valence-electron chi connectivity index (χ2n) is 6.89. The number of nitro benzene ring substituents is 1. The van der Waals surface area contributed by atoms with Crippen LogP contribution in [0.5, 0.6) is 0 Å². The molecule has 1 aromatic heterocycles. The van der Waals surface area contributed by atoms with E-state index in [0.29, 0.717) is 34.8 Å². The van der Waals surface area contributed by atoms with Gasteiger partial charge in [0.15, 0.2) is 4.80 Å². The SMILES string of the molecule is CCOCCn1c(=NC(=O)CN2C(=O)c3ccccc3C2=O)sc2ccc([N+](=O)[O-])cc21. The molecule has 0 saturated heterocycles. The number of rotatable bonds is 7. The standard InChI is InChI=1S/C21H18N4O6S/c1-2-31-10-9-23-16-11-13(25(29)30)7-8-17(16)32-21(23)22-18(26)12-24-19(27)14-5-3-4-6-15(14)20(24)28/h3-8,11H,2,9-10,12H2,1H3. The number of hydrogen-bond acceptors (Lipinski definition) is 7. The fourth-order valence-electron chi connectivity index (χ4n) is 3.43. The van der Waals surface area contributed by atoms with Gasteiger partial charge in [0, 0.05) is 25.3 Å². The lowest BCUT2D eigenvalue weighted by Crippen LogP contribution is -2.35. The fourth-order valence-corrected chi connectivity index (χ4v) is 4.49. The Balaban J connectivity index is 1.67. The van der Waals surface area contributed by atoms with Crippen molar-refractivity contribution in [2.75, 3.05) is 19.8 Å². The first kappa shape index (κ1) is 21.5. The van der Waals surface area contributed by atoms with Crippen molar-refractivity contribution in [3.05, 3.63) is 68.5 Å². The van der Waals surface area contributed by atoms with Crippen LogP contribution in [0.4, 0.5) is 5.69 Å². The average Bonchev–Trinajstić information content (AvgIpc) is 3.23. The zero-order valence-electron chi connectivity index (χ0n) is 17.0. The van der Waals surface area contributed by atoms with E-state index in [-0.39, 0.29) is 16.8 Å². The van der Waals surface area contributed by atoms with Crippen LogP contribution < -0.4 is 4.80 Å². The van der Waals surface area contributed by atoms with Crippen molar-refractivity contribution in [1.29, 1.82) is 0 Å². The van der Waals surface area contributed by atoms with E-state index in [2.05, 4.69) is 4.99 Å². The van der Waals surface area contributed by atoms with Crippen LogP contribution in [0, 0.1) is 10.1 Å². The molecule has 2 aromatic carbocycles. The Labute approximate surface area is 185 Å². The van der Waals surface area contributed by atoms with Gasteiger partial charge in [0.2, 0.25) is 0 Å². The molecule has 0 unspecified atom stereocenters. The molecular formula is C21H18N4O6S. The molecule has 4 rings (SSSR count). The third kappa shape index (κ3) is 3.95. The van der Waals surface area contributed by atoms with Gasteiger partial charge in [0.25, 0.3) is 23.4 Å². The zero-order valence-corrected chi connectivity index (χ0v) is 17.8. The smallest absolute Gasteiger partial charge is 0.271 e. The molecule has 10 nitrogen and oxygen atoms in total. The number of carbonyl (C=O) groups is 3. The third-order valence-corrected chi connectivity index (χ3v) is 5.99. The summed E-state index contributed by atoms with van der Waals surface area (Å²) in [6.45, 7) is 2.50. The van der Waals surface area contributed by atoms with E-state index in [4.69, 9.17) is 4.74 Å². The first-order valence-electron chi connectivity index (χ1n) is 9.79. The molecule has 0 radical (unpaired) electrons. The molecule has 1 aliphatic rings. The van der Waals surface area contributed by atoms with Gasteiger partial charge in [-0.15, -0.1) is 0 Å². The number of hydrogen-bond donors (Lipinski definition) is 0. The van der Waals surface area contributed by atoms with E-state index in [0.717, 1.165) is 4.90 Å². The second kappa shape index (κ2) is 8.81. The van der Waals surface area contributed by atoms with Crippen LogP contribution in [0.3, 0.4) is 0 Å². The Morgan fingerprint density at radius 1 is 1.16 bits per heavy atom. The number of amides is 3. The van der Waals surface area contributed by atoms with Crippen molar-refractivity contribution in [1.82, 2.24) is 9.47 Å². The average molecular weight is 454 g/mol. The summed E-state index contributed by atoms with van der Waals surface area (Å²) < 4.78 is 7.77. The molecular weight excluding hydrogens is 436 g/mol. The second-order valence-corrected chi connectivity index (χ2v) is 7.90. The molecule has 0 aliphatic carbocycles. The van der Waals surface area contributed by atoms with E-state index in [1.54, 1.807) is 22.8 Å². The molecule has 32 heavy (non-hydrogen) atoms.